The van der Waals surface area contributed by atoms with Gasteiger partial charge in [0.2, 0.25) is 5.95 Å². The molecule has 2 rings (SSSR count). The number of rotatable bonds is 3. The first-order valence-corrected chi connectivity index (χ1v) is 5.13. The fourth-order valence-electron chi connectivity index (χ4n) is 1.46. The van der Waals surface area contributed by atoms with Crippen molar-refractivity contribution in [2.75, 3.05) is 5.32 Å². The van der Waals surface area contributed by atoms with Crippen LogP contribution in [0.5, 0.6) is 0 Å². The molecule has 0 spiro atoms. The zero-order valence-corrected chi connectivity index (χ0v) is 9.02. The summed E-state index contributed by atoms with van der Waals surface area (Å²) in [4.78, 5) is 3.54. The summed E-state index contributed by atoms with van der Waals surface area (Å²) in [6, 6.07) is 12.4. The van der Waals surface area contributed by atoms with E-state index in [1.807, 2.05) is 18.2 Å². The number of hydrogen-bond donors (Lipinski definition) is 1. The Kier molecular flexibility index (Phi) is 3.31. The molecule has 0 bridgehead atoms. The van der Waals surface area contributed by atoms with E-state index in [0.29, 0.717) is 12.1 Å². The molecule has 3 nitrogen and oxygen atoms in total. The summed E-state index contributed by atoms with van der Waals surface area (Å²) in [5.41, 5.74) is 2.26. The van der Waals surface area contributed by atoms with Crippen LogP contribution in [-0.4, -0.2) is 4.98 Å². The van der Waals surface area contributed by atoms with Crippen LogP contribution in [0.4, 0.5) is 10.1 Å². The molecule has 0 aliphatic rings. The number of nitriles is 1. The van der Waals surface area contributed by atoms with Crippen LogP contribution in [-0.2, 0) is 6.54 Å². The third-order valence-electron chi connectivity index (χ3n) is 2.35. The van der Waals surface area contributed by atoms with E-state index in [1.165, 1.54) is 12.3 Å². The fraction of sp³-hybridized carbons (Fsp3) is 0.0769. The molecule has 0 atom stereocenters. The van der Waals surface area contributed by atoms with Gasteiger partial charge in [0.15, 0.2) is 0 Å². The molecular formula is C13H10FN3. The predicted octanol–water partition coefficient (Wildman–Crippen LogP) is 2.70. The number of pyridine rings is 1. The Morgan fingerprint density at radius 2 is 2.06 bits per heavy atom. The highest BCUT2D eigenvalue weighted by atomic mass is 19.1. The fourth-order valence-corrected chi connectivity index (χ4v) is 1.46. The normalized spacial score (nSPS) is 9.65. The van der Waals surface area contributed by atoms with E-state index >= 15 is 0 Å². The summed E-state index contributed by atoms with van der Waals surface area (Å²) in [7, 11) is 0. The van der Waals surface area contributed by atoms with Crippen molar-refractivity contribution < 1.29 is 4.39 Å². The first kappa shape index (κ1) is 11.1. The number of benzene rings is 1. The Labute approximate surface area is 98.5 Å². The van der Waals surface area contributed by atoms with Crippen LogP contribution in [0.3, 0.4) is 0 Å². The number of nitrogens with zero attached hydrogens (tertiary/aromatic N) is 2. The smallest absolute Gasteiger partial charge is 0.212 e. The molecule has 1 aromatic carbocycles. The van der Waals surface area contributed by atoms with Crippen LogP contribution in [0.1, 0.15) is 11.1 Å². The lowest BCUT2D eigenvalue weighted by Gasteiger charge is -2.07. The lowest BCUT2D eigenvalue weighted by molar-refractivity contribution is 0.584. The van der Waals surface area contributed by atoms with Crippen LogP contribution >= 0.6 is 0 Å². The van der Waals surface area contributed by atoms with E-state index in [-0.39, 0.29) is 0 Å². The van der Waals surface area contributed by atoms with Crippen molar-refractivity contribution in [3.63, 3.8) is 0 Å². The average Bonchev–Trinajstić information content (AvgIpc) is 2.38. The van der Waals surface area contributed by atoms with Crippen LogP contribution in [0.15, 0.2) is 42.6 Å². The molecule has 0 saturated heterocycles. The van der Waals surface area contributed by atoms with E-state index in [0.717, 1.165) is 11.3 Å². The molecule has 1 aromatic heterocycles. The summed E-state index contributed by atoms with van der Waals surface area (Å²) >= 11 is 0. The lowest BCUT2D eigenvalue weighted by atomic mass is 10.1. The van der Waals surface area contributed by atoms with Gasteiger partial charge < -0.3 is 5.32 Å². The van der Waals surface area contributed by atoms with Crippen molar-refractivity contribution >= 4 is 5.69 Å². The van der Waals surface area contributed by atoms with Gasteiger partial charge in [0.05, 0.1) is 23.5 Å². The second-order valence-corrected chi connectivity index (χ2v) is 3.49. The first-order valence-electron chi connectivity index (χ1n) is 5.13. The Morgan fingerprint density at radius 1 is 1.24 bits per heavy atom. The molecule has 4 heteroatoms. The minimum Gasteiger partial charge on any atom is -0.380 e. The molecule has 2 aromatic rings. The van der Waals surface area contributed by atoms with Crippen molar-refractivity contribution in [1.82, 2.24) is 4.98 Å². The monoisotopic (exact) mass is 227 g/mol. The number of hydrogen-bond acceptors (Lipinski definition) is 3. The summed E-state index contributed by atoms with van der Waals surface area (Å²) in [6.45, 7) is 0.511. The number of anilines is 1. The topological polar surface area (TPSA) is 48.7 Å². The third kappa shape index (κ3) is 2.79. The molecule has 0 aliphatic heterocycles. The molecule has 17 heavy (non-hydrogen) atoms. The van der Waals surface area contributed by atoms with Gasteiger partial charge in [0.1, 0.15) is 0 Å². The van der Waals surface area contributed by atoms with Crippen molar-refractivity contribution in [2.45, 2.75) is 6.54 Å². The maximum absolute atomic E-state index is 12.6. The van der Waals surface area contributed by atoms with E-state index in [1.54, 1.807) is 12.1 Å². The van der Waals surface area contributed by atoms with Gasteiger partial charge in [0.25, 0.3) is 0 Å². The van der Waals surface area contributed by atoms with Gasteiger partial charge >= 0.3 is 0 Å². The molecule has 0 radical (unpaired) electrons. The second-order valence-electron chi connectivity index (χ2n) is 3.49. The molecule has 0 aliphatic carbocycles. The molecular weight excluding hydrogens is 217 g/mol. The Morgan fingerprint density at radius 3 is 2.76 bits per heavy atom. The summed E-state index contributed by atoms with van der Waals surface area (Å²) < 4.78 is 12.6. The zero-order chi connectivity index (χ0) is 12.1. The van der Waals surface area contributed by atoms with Gasteiger partial charge in [-0.2, -0.15) is 9.65 Å². The van der Waals surface area contributed by atoms with E-state index in [4.69, 9.17) is 5.26 Å². The summed E-state index contributed by atoms with van der Waals surface area (Å²) in [6.07, 6.45) is 1.42. The largest absolute Gasteiger partial charge is 0.380 e. The predicted molar refractivity (Wildman–Crippen MR) is 62.7 cm³/mol. The molecule has 0 saturated carbocycles. The van der Waals surface area contributed by atoms with Crippen LogP contribution in [0.25, 0.3) is 0 Å². The van der Waals surface area contributed by atoms with E-state index in [9.17, 15) is 4.39 Å². The summed E-state index contributed by atoms with van der Waals surface area (Å²) in [5, 5.41) is 12.0. The molecule has 1 N–H and O–H groups in total. The second kappa shape index (κ2) is 5.08. The summed E-state index contributed by atoms with van der Waals surface area (Å²) in [5.74, 6) is -0.507. The van der Waals surface area contributed by atoms with Crippen molar-refractivity contribution in [1.29, 1.82) is 5.26 Å². The van der Waals surface area contributed by atoms with Gasteiger partial charge in [-0.3, -0.25) is 0 Å². The minimum absolute atomic E-state index is 0.507. The highest BCUT2D eigenvalue weighted by molar-refractivity contribution is 5.44. The number of nitrogens with one attached hydrogen (secondary N) is 1. The van der Waals surface area contributed by atoms with Crippen LogP contribution in [0, 0.1) is 17.3 Å². The Balaban J connectivity index is 2.08. The van der Waals surface area contributed by atoms with E-state index in [2.05, 4.69) is 16.4 Å². The van der Waals surface area contributed by atoms with Crippen LogP contribution in [0.2, 0.25) is 0 Å². The average molecular weight is 227 g/mol. The highest BCUT2D eigenvalue weighted by Crippen LogP contribution is 2.11. The van der Waals surface area contributed by atoms with Gasteiger partial charge in [-0.05, 0) is 23.8 Å². The van der Waals surface area contributed by atoms with E-state index < -0.39 is 5.95 Å². The van der Waals surface area contributed by atoms with Crippen molar-refractivity contribution in [3.05, 3.63) is 59.7 Å². The molecule has 0 unspecified atom stereocenters. The maximum atomic E-state index is 12.6. The quantitative estimate of drug-likeness (QED) is 0.820. The first-order chi connectivity index (χ1) is 8.29. The Hall–Kier alpha value is -2.41. The Bertz CT molecular complexity index is 543. The zero-order valence-electron chi connectivity index (χ0n) is 9.02. The molecule has 84 valence electrons. The van der Waals surface area contributed by atoms with Gasteiger partial charge in [0, 0.05) is 6.54 Å². The highest BCUT2D eigenvalue weighted by Gasteiger charge is 2.00. The number of aromatic nitrogens is 1. The van der Waals surface area contributed by atoms with Gasteiger partial charge in [-0.25, -0.2) is 4.98 Å². The molecule has 0 fully saturated rings. The van der Waals surface area contributed by atoms with Crippen molar-refractivity contribution in [2.24, 2.45) is 0 Å². The minimum atomic E-state index is -0.507. The van der Waals surface area contributed by atoms with Gasteiger partial charge in [-0.1, -0.05) is 18.2 Å². The number of halogens is 1. The standard InChI is InChI=1S/C13H10FN3/c14-13-6-5-12(9-17-13)16-8-11-4-2-1-3-10(11)7-15/h1-6,9,16H,8H2. The molecule has 0 amide bonds. The van der Waals surface area contributed by atoms with Crippen LogP contribution < -0.4 is 5.32 Å². The SMILES string of the molecule is N#Cc1ccccc1CNc1ccc(F)nc1. The third-order valence-corrected chi connectivity index (χ3v) is 2.35. The lowest BCUT2D eigenvalue weighted by Crippen LogP contribution is -2.01. The van der Waals surface area contributed by atoms with Crippen molar-refractivity contribution in [3.8, 4) is 6.07 Å². The molecule has 1 heterocycles. The van der Waals surface area contributed by atoms with Gasteiger partial charge in [-0.15, -0.1) is 0 Å². The maximum Gasteiger partial charge on any atom is 0.212 e.